The quantitative estimate of drug-likeness (QED) is 0.438. The first-order valence-corrected chi connectivity index (χ1v) is 13.0. The summed E-state index contributed by atoms with van der Waals surface area (Å²) < 4.78 is 5.15. The summed E-state index contributed by atoms with van der Waals surface area (Å²) in [4.78, 5) is 33.9. The highest BCUT2D eigenvalue weighted by atomic mass is 35.5. The third-order valence-electron chi connectivity index (χ3n) is 5.91. The molecule has 0 spiro atoms. The van der Waals surface area contributed by atoms with Gasteiger partial charge in [0.15, 0.2) is 0 Å². The van der Waals surface area contributed by atoms with E-state index in [9.17, 15) is 9.59 Å². The van der Waals surface area contributed by atoms with Gasteiger partial charge in [-0.3, -0.25) is 4.79 Å². The molecule has 1 fully saturated rings. The molecule has 2 aromatic rings. The predicted octanol–water partition coefficient (Wildman–Crippen LogP) is 4.47. The molecule has 1 unspecified atom stereocenters. The molecule has 2 heterocycles. The van der Waals surface area contributed by atoms with Crippen LogP contribution in [-0.2, 0) is 11.3 Å². The first-order valence-electron chi connectivity index (χ1n) is 11.7. The molecule has 1 saturated heterocycles. The van der Waals surface area contributed by atoms with Crippen LogP contribution in [0, 0.1) is 0 Å². The van der Waals surface area contributed by atoms with E-state index in [1.165, 1.54) is 30.6 Å². The number of likely N-dealkylation sites (tertiary alicyclic amines) is 1. The summed E-state index contributed by atoms with van der Waals surface area (Å²) in [5, 5.41) is 8.86. The average molecular weight is 508 g/mol. The fourth-order valence-corrected chi connectivity index (χ4v) is 4.82. The third kappa shape index (κ3) is 8.23. The van der Waals surface area contributed by atoms with Gasteiger partial charge in [-0.25, -0.2) is 9.78 Å². The second kappa shape index (κ2) is 13.6. The number of halogens is 1. The van der Waals surface area contributed by atoms with E-state index in [2.05, 4.69) is 27.4 Å². The zero-order valence-corrected chi connectivity index (χ0v) is 21.5. The molecule has 0 bridgehead atoms. The van der Waals surface area contributed by atoms with Gasteiger partial charge in [0, 0.05) is 48.9 Å². The maximum absolute atomic E-state index is 12.8. The van der Waals surface area contributed by atoms with Crippen molar-refractivity contribution in [2.75, 3.05) is 45.2 Å². The fourth-order valence-electron chi connectivity index (χ4n) is 3.91. The van der Waals surface area contributed by atoms with Gasteiger partial charge >= 0.3 is 6.03 Å². The smallest absolute Gasteiger partial charge is 0.322 e. The summed E-state index contributed by atoms with van der Waals surface area (Å²) in [6.45, 7) is 6.12. The number of anilines is 1. The minimum absolute atomic E-state index is 0.178. The van der Waals surface area contributed by atoms with Crippen molar-refractivity contribution in [3.8, 4) is 0 Å². The van der Waals surface area contributed by atoms with E-state index in [-0.39, 0.29) is 18.5 Å². The van der Waals surface area contributed by atoms with Gasteiger partial charge in [-0.1, -0.05) is 18.0 Å². The Morgan fingerprint density at radius 2 is 2.09 bits per heavy atom. The number of rotatable bonds is 11. The summed E-state index contributed by atoms with van der Waals surface area (Å²) in [6.07, 6.45) is 4.75. The fraction of sp³-hybridized carbons (Fsp3) is 0.542. The molecule has 10 heteroatoms. The summed E-state index contributed by atoms with van der Waals surface area (Å²) in [5.41, 5.74) is 1.03. The van der Waals surface area contributed by atoms with Crippen LogP contribution in [0.15, 0.2) is 29.6 Å². The zero-order chi connectivity index (χ0) is 24.3. The van der Waals surface area contributed by atoms with E-state index in [1.807, 2.05) is 0 Å². The highest BCUT2D eigenvalue weighted by molar-refractivity contribution is 7.09. The van der Waals surface area contributed by atoms with Crippen molar-refractivity contribution in [2.24, 2.45) is 0 Å². The van der Waals surface area contributed by atoms with Gasteiger partial charge in [0.1, 0.15) is 10.7 Å². The SMILES string of the molecule is COCCN(Cc1nc(C(=O)NCCCN2CCCCC2C)cs1)C(=O)Nc1ccc(Cl)cc1. The lowest BCUT2D eigenvalue weighted by Gasteiger charge is -2.33. The van der Waals surface area contributed by atoms with Gasteiger partial charge in [0.2, 0.25) is 0 Å². The summed E-state index contributed by atoms with van der Waals surface area (Å²) in [7, 11) is 1.59. The Kier molecular flexibility index (Phi) is 10.6. The maximum Gasteiger partial charge on any atom is 0.322 e. The van der Waals surface area contributed by atoms with Gasteiger partial charge in [-0.15, -0.1) is 11.3 Å². The molecular weight excluding hydrogens is 474 g/mol. The van der Waals surface area contributed by atoms with Gasteiger partial charge in [-0.2, -0.15) is 0 Å². The van der Waals surface area contributed by atoms with Gasteiger partial charge in [-0.05, 0) is 57.0 Å². The van der Waals surface area contributed by atoms with Crippen LogP contribution in [0.1, 0.15) is 48.1 Å². The van der Waals surface area contributed by atoms with Crippen molar-refractivity contribution in [3.05, 3.63) is 45.4 Å². The number of piperidine rings is 1. The van der Waals surface area contributed by atoms with Crippen LogP contribution in [0.4, 0.5) is 10.5 Å². The molecule has 34 heavy (non-hydrogen) atoms. The number of carbonyl (C=O) groups excluding carboxylic acids is 2. The molecule has 0 radical (unpaired) electrons. The molecule has 1 atom stereocenters. The number of nitrogens with zero attached hydrogens (tertiary/aromatic N) is 3. The lowest BCUT2D eigenvalue weighted by atomic mass is 10.0. The molecule has 3 rings (SSSR count). The minimum atomic E-state index is -0.271. The van der Waals surface area contributed by atoms with Crippen LogP contribution in [0.3, 0.4) is 0 Å². The second-order valence-corrected chi connectivity index (χ2v) is 9.85. The summed E-state index contributed by atoms with van der Waals surface area (Å²) in [5.74, 6) is -0.178. The van der Waals surface area contributed by atoms with Crippen LogP contribution in [-0.4, -0.2) is 72.7 Å². The van der Waals surface area contributed by atoms with Crippen molar-refractivity contribution in [3.63, 3.8) is 0 Å². The van der Waals surface area contributed by atoms with Gasteiger partial charge < -0.3 is 25.2 Å². The lowest BCUT2D eigenvalue weighted by molar-refractivity contribution is 0.0944. The topological polar surface area (TPSA) is 86.8 Å². The van der Waals surface area contributed by atoms with Crippen LogP contribution >= 0.6 is 22.9 Å². The molecule has 1 aromatic heterocycles. The Morgan fingerprint density at radius 1 is 1.29 bits per heavy atom. The Morgan fingerprint density at radius 3 is 2.82 bits per heavy atom. The molecule has 1 aliphatic rings. The third-order valence-corrected chi connectivity index (χ3v) is 6.99. The predicted molar refractivity (Wildman–Crippen MR) is 137 cm³/mol. The standard InChI is InChI=1S/C24H34ClN5O3S/c1-18-6-3-4-12-29(18)13-5-11-26-23(31)21-17-34-22(28-21)16-30(14-15-33-2)24(32)27-20-9-7-19(25)8-10-20/h7-10,17-18H,3-6,11-16H2,1-2H3,(H,26,31)(H,27,32). The number of aromatic nitrogens is 1. The number of amides is 3. The Hall–Kier alpha value is -2.20. The Bertz CT molecular complexity index is 924. The summed E-state index contributed by atoms with van der Waals surface area (Å²) in [6, 6.07) is 7.28. The van der Waals surface area contributed by atoms with Crippen LogP contribution in [0.2, 0.25) is 5.02 Å². The number of benzene rings is 1. The number of nitrogens with one attached hydrogen (secondary N) is 2. The molecule has 8 nitrogen and oxygen atoms in total. The molecule has 0 aliphatic carbocycles. The number of thiazole rings is 1. The highest BCUT2D eigenvalue weighted by Crippen LogP contribution is 2.17. The summed E-state index contributed by atoms with van der Waals surface area (Å²) >= 11 is 7.28. The molecule has 186 valence electrons. The van der Waals surface area contributed by atoms with Crippen LogP contribution < -0.4 is 10.6 Å². The normalized spacial score (nSPS) is 16.3. The zero-order valence-electron chi connectivity index (χ0n) is 19.9. The number of carbonyl (C=O) groups is 2. The van der Waals surface area contributed by atoms with Crippen molar-refractivity contribution >= 4 is 40.6 Å². The molecular formula is C24H34ClN5O3S. The van der Waals surface area contributed by atoms with Gasteiger partial charge in [0.25, 0.3) is 5.91 Å². The number of hydrogen-bond acceptors (Lipinski definition) is 6. The first kappa shape index (κ1) is 26.4. The van der Waals surface area contributed by atoms with Crippen molar-refractivity contribution in [1.29, 1.82) is 0 Å². The molecule has 1 aromatic carbocycles. The van der Waals surface area contributed by atoms with E-state index in [1.54, 1.807) is 41.7 Å². The van der Waals surface area contributed by atoms with Crippen LogP contribution in [0.5, 0.6) is 0 Å². The molecule has 3 amide bonds. The van der Waals surface area contributed by atoms with E-state index < -0.39 is 0 Å². The number of urea groups is 1. The van der Waals surface area contributed by atoms with E-state index in [0.717, 1.165) is 19.5 Å². The van der Waals surface area contributed by atoms with Crippen molar-refractivity contribution in [2.45, 2.75) is 45.2 Å². The van der Waals surface area contributed by atoms with E-state index >= 15 is 0 Å². The van der Waals surface area contributed by atoms with E-state index in [4.69, 9.17) is 16.3 Å². The Labute approximate surface area is 210 Å². The maximum atomic E-state index is 12.8. The molecule has 2 N–H and O–H groups in total. The number of ether oxygens (including phenoxy) is 1. The number of methoxy groups -OCH3 is 1. The minimum Gasteiger partial charge on any atom is -0.383 e. The Balaban J connectivity index is 1.49. The van der Waals surface area contributed by atoms with Crippen LogP contribution in [0.25, 0.3) is 0 Å². The lowest BCUT2D eigenvalue weighted by Crippen LogP contribution is -2.39. The van der Waals surface area contributed by atoms with Gasteiger partial charge in [0.05, 0.1) is 13.2 Å². The average Bonchev–Trinajstić information content (AvgIpc) is 3.30. The second-order valence-electron chi connectivity index (χ2n) is 8.47. The van der Waals surface area contributed by atoms with Crippen molar-refractivity contribution < 1.29 is 14.3 Å². The molecule has 1 aliphatic heterocycles. The van der Waals surface area contributed by atoms with Crippen molar-refractivity contribution in [1.82, 2.24) is 20.1 Å². The first-order chi connectivity index (χ1) is 16.5. The monoisotopic (exact) mass is 507 g/mol. The molecule has 0 saturated carbocycles. The largest absolute Gasteiger partial charge is 0.383 e. The van der Waals surface area contributed by atoms with E-state index in [0.29, 0.717) is 47.1 Å². The highest BCUT2D eigenvalue weighted by Gasteiger charge is 2.19. The number of hydrogen-bond donors (Lipinski definition) is 2.